The maximum absolute atomic E-state index is 9.23. The second-order valence-corrected chi connectivity index (χ2v) is 8.47. The molecule has 0 radical (unpaired) electrons. The van der Waals surface area contributed by atoms with Gasteiger partial charge in [0, 0.05) is 55.7 Å². The van der Waals surface area contributed by atoms with Crippen molar-refractivity contribution >= 4 is 53.7 Å². The lowest BCUT2D eigenvalue weighted by atomic mass is 9.86. The Morgan fingerprint density at radius 2 is 1.35 bits per heavy atom. The number of aromatic amines is 2. The largest absolute Gasteiger partial charge is 0.396 e. The second kappa shape index (κ2) is 7.59. The zero-order valence-corrected chi connectivity index (χ0v) is 17.4. The summed E-state index contributed by atoms with van der Waals surface area (Å²) in [7, 11) is 0. The summed E-state index contributed by atoms with van der Waals surface area (Å²) in [5, 5.41) is 11.7. The summed E-state index contributed by atoms with van der Waals surface area (Å²) in [4.78, 5) is 6.84. The van der Waals surface area contributed by atoms with Crippen molar-refractivity contribution in [2.24, 2.45) is 0 Å². The van der Waals surface area contributed by atoms with Crippen molar-refractivity contribution < 1.29 is 5.11 Å². The molecule has 0 amide bonds. The monoisotopic (exact) mass is 474 g/mol. The second-order valence-electron chi connectivity index (χ2n) is 6.64. The van der Waals surface area contributed by atoms with Gasteiger partial charge in [0.25, 0.3) is 0 Å². The number of hydrogen-bond donors (Lipinski definition) is 3. The van der Waals surface area contributed by atoms with Crippen LogP contribution in [0.25, 0.3) is 21.8 Å². The highest BCUT2D eigenvalue weighted by Gasteiger charge is 2.21. The fraction of sp³-hybridized carbons (Fsp3) is 0.238. The number of rotatable bonds is 6. The molecule has 0 bridgehead atoms. The first kappa shape index (κ1) is 17.8. The number of H-pyrrole nitrogens is 2. The molecule has 0 aliphatic rings. The Hall–Kier alpha value is -1.56. The average molecular weight is 476 g/mol. The zero-order chi connectivity index (χ0) is 18.1. The quantitative estimate of drug-likeness (QED) is 0.275. The van der Waals surface area contributed by atoms with Crippen LogP contribution < -0.4 is 0 Å². The van der Waals surface area contributed by atoms with E-state index in [4.69, 9.17) is 0 Å². The molecule has 2 heterocycles. The summed E-state index contributed by atoms with van der Waals surface area (Å²) in [6.07, 6.45) is 7.09. The van der Waals surface area contributed by atoms with Crippen LogP contribution in [0, 0.1) is 0 Å². The third-order valence-electron chi connectivity index (χ3n) is 5.00. The van der Waals surface area contributed by atoms with Crippen molar-refractivity contribution in [3.63, 3.8) is 0 Å². The molecule has 4 rings (SSSR count). The van der Waals surface area contributed by atoms with Gasteiger partial charge in [-0.15, -0.1) is 0 Å². The summed E-state index contributed by atoms with van der Waals surface area (Å²) in [5.41, 5.74) is 4.91. The Bertz CT molecular complexity index is 971. The Kier molecular flexibility index (Phi) is 5.20. The molecule has 0 aliphatic carbocycles. The van der Waals surface area contributed by atoms with Crippen LogP contribution in [0.2, 0.25) is 0 Å². The molecule has 0 unspecified atom stereocenters. The van der Waals surface area contributed by atoms with Gasteiger partial charge >= 0.3 is 0 Å². The van der Waals surface area contributed by atoms with Crippen LogP contribution >= 0.6 is 31.9 Å². The molecule has 134 valence electrons. The van der Waals surface area contributed by atoms with Crippen molar-refractivity contribution in [1.82, 2.24) is 9.97 Å². The van der Waals surface area contributed by atoms with Gasteiger partial charge in [0.05, 0.1) is 0 Å². The molecular weight excluding hydrogens is 456 g/mol. The lowest BCUT2D eigenvalue weighted by Crippen LogP contribution is -2.01. The maximum Gasteiger partial charge on any atom is 0.0457 e. The molecule has 0 saturated carbocycles. The van der Waals surface area contributed by atoms with Gasteiger partial charge in [-0.1, -0.05) is 38.3 Å². The van der Waals surface area contributed by atoms with Gasteiger partial charge in [-0.3, -0.25) is 0 Å². The predicted molar refractivity (Wildman–Crippen MR) is 115 cm³/mol. The Labute approximate surface area is 169 Å². The van der Waals surface area contributed by atoms with E-state index < -0.39 is 0 Å². The standard InChI is InChI=1S/C21H20Br2N2O/c22-13-4-6-20-16(9-13)18(11-24-20)15(3-1-2-8-26)19-12-25-21-7-5-14(23)10-17(19)21/h4-7,9-12,15,24-26H,1-3,8H2. The summed E-state index contributed by atoms with van der Waals surface area (Å²) >= 11 is 7.21. The Morgan fingerprint density at radius 3 is 1.85 bits per heavy atom. The van der Waals surface area contributed by atoms with E-state index in [0.717, 1.165) is 39.2 Å². The average Bonchev–Trinajstić information content (AvgIpc) is 3.23. The zero-order valence-electron chi connectivity index (χ0n) is 14.2. The summed E-state index contributed by atoms with van der Waals surface area (Å²) < 4.78 is 2.17. The maximum atomic E-state index is 9.23. The molecule has 0 spiro atoms. The molecule has 4 aromatic rings. The van der Waals surface area contributed by atoms with Gasteiger partial charge in [0.15, 0.2) is 0 Å². The topological polar surface area (TPSA) is 51.8 Å². The fourth-order valence-corrected chi connectivity index (χ4v) is 4.47. The van der Waals surface area contributed by atoms with Crippen LogP contribution in [-0.2, 0) is 0 Å². The minimum absolute atomic E-state index is 0.242. The molecule has 2 aromatic carbocycles. The third-order valence-corrected chi connectivity index (χ3v) is 5.99. The molecule has 0 atom stereocenters. The number of hydrogen-bond acceptors (Lipinski definition) is 1. The van der Waals surface area contributed by atoms with Crippen molar-refractivity contribution in [1.29, 1.82) is 0 Å². The van der Waals surface area contributed by atoms with Crippen molar-refractivity contribution in [3.05, 3.63) is 68.9 Å². The van der Waals surface area contributed by atoms with Crippen LogP contribution in [0.5, 0.6) is 0 Å². The van der Waals surface area contributed by atoms with Crippen molar-refractivity contribution in [3.8, 4) is 0 Å². The number of benzene rings is 2. The van der Waals surface area contributed by atoms with Crippen LogP contribution in [-0.4, -0.2) is 21.7 Å². The molecule has 0 fully saturated rings. The molecule has 26 heavy (non-hydrogen) atoms. The number of aliphatic hydroxyl groups excluding tert-OH is 1. The number of aliphatic hydroxyl groups is 1. The van der Waals surface area contributed by atoms with Gasteiger partial charge < -0.3 is 15.1 Å². The molecular formula is C21H20Br2N2O. The van der Waals surface area contributed by atoms with E-state index in [1.165, 1.54) is 21.9 Å². The van der Waals surface area contributed by atoms with Crippen LogP contribution in [0.3, 0.4) is 0 Å². The SMILES string of the molecule is OCCCCC(c1c[nH]c2ccc(Br)cc12)c1c[nH]c2ccc(Br)cc12. The molecule has 3 nitrogen and oxygen atoms in total. The highest BCUT2D eigenvalue weighted by molar-refractivity contribution is 9.10. The first-order chi connectivity index (χ1) is 12.7. The Balaban J connectivity index is 1.85. The molecule has 0 saturated heterocycles. The number of fused-ring (bicyclic) bond motifs is 2. The van der Waals surface area contributed by atoms with Crippen LogP contribution in [0.4, 0.5) is 0 Å². The highest BCUT2D eigenvalue weighted by atomic mass is 79.9. The number of unbranched alkanes of at least 4 members (excludes halogenated alkanes) is 1. The van der Waals surface area contributed by atoms with Crippen LogP contribution in [0.1, 0.15) is 36.3 Å². The number of nitrogens with one attached hydrogen (secondary N) is 2. The number of halogens is 2. The van der Waals surface area contributed by atoms with Gasteiger partial charge in [0.1, 0.15) is 0 Å². The third kappa shape index (κ3) is 3.36. The van der Waals surface area contributed by atoms with E-state index >= 15 is 0 Å². The minimum Gasteiger partial charge on any atom is -0.396 e. The summed E-state index contributed by atoms with van der Waals surface area (Å²) in [5.74, 6) is 0.271. The van der Waals surface area contributed by atoms with Crippen molar-refractivity contribution in [2.45, 2.75) is 25.2 Å². The highest BCUT2D eigenvalue weighted by Crippen LogP contribution is 2.39. The van der Waals surface area contributed by atoms with E-state index in [2.05, 4.69) is 90.6 Å². The van der Waals surface area contributed by atoms with Gasteiger partial charge in [-0.05, 0) is 60.4 Å². The fourth-order valence-electron chi connectivity index (χ4n) is 3.74. The number of aromatic nitrogens is 2. The smallest absolute Gasteiger partial charge is 0.0457 e. The molecule has 2 aromatic heterocycles. The van der Waals surface area contributed by atoms with E-state index in [1.807, 2.05) is 0 Å². The van der Waals surface area contributed by atoms with E-state index in [-0.39, 0.29) is 12.5 Å². The Morgan fingerprint density at radius 1 is 0.808 bits per heavy atom. The van der Waals surface area contributed by atoms with Crippen molar-refractivity contribution in [2.75, 3.05) is 6.61 Å². The normalized spacial score (nSPS) is 11.8. The van der Waals surface area contributed by atoms with E-state index in [1.54, 1.807) is 0 Å². The lowest BCUT2D eigenvalue weighted by molar-refractivity contribution is 0.282. The van der Waals surface area contributed by atoms with E-state index in [9.17, 15) is 5.11 Å². The van der Waals surface area contributed by atoms with Gasteiger partial charge in [-0.2, -0.15) is 0 Å². The van der Waals surface area contributed by atoms with Crippen LogP contribution in [0.15, 0.2) is 57.7 Å². The predicted octanol–water partition coefficient (Wildman–Crippen LogP) is 6.47. The van der Waals surface area contributed by atoms with E-state index in [0.29, 0.717) is 0 Å². The molecule has 0 aliphatic heterocycles. The lowest BCUT2D eigenvalue weighted by Gasteiger charge is -2.16. The minimum atomic E-state index is 0.242. The first-order valence-electron chi connectivity index (χ1n) is 8.81. The summed E-state index contributed by atoms with van der Waals surface area (Å²) in [6, 6.07) is 12.7. The first-order valence-corrected chi connectivity index (χ1v) is 10.4. The van der Waals surface area contributed by atoms with Gasteiger partial charge in [-0.25, -0.2) is 0 Å². The molecule has 5 heteroatoms. The summed E-state index contributed by atoms with van der Waals surface area (Å²) in [6.45, 7) is 0.242. The van der Waals surface area contributed by atoms with Gasteiger partial charge in [0.2, 0.25) is 0 Å². The molecule has 3 N–H and O–H groups in total.